The highest BCUT2D eigenvalue weighted by Gasteiger charge is 2.14. The molecule has 0 N–H and O–H groups in total. The van der Waals surface area contributed by atoms with Crippen LogP contribution >= 0.6 is 0 Å². The minimum Gasteiger partial charge on any atom is -0.0847 e. The Morgan fingerprint density at radius 3 is 1.73 bits per heavy atom. The standard InChI is InChI=1S/C15H24/c1-12-3-7-14(8-4-12)11-15-9-5-13(2)6-10-15/h7,9,12-13H,3-6,8,10-11H2,1-2H3. The Bertz CT molecular complexity index is 242. The third-order valence-electron chi connectivity index (χ3n) is 3.99. The maximum absolute atomic E-state index is 2.51. The Kier molecular flexibility index (Phi) is 3.66. The largest absolute Gasteiger partial charge is 0.0847 e. The van der Waals surface area contributed by atoms with Gasteiger partial charge in [-0.15, -0.1) is 0 Å². The summed E-state index contributed by atoms with van der Waals surface area (Å²) in [6.07, 6.45) is 14.5. The molecule has 0 fully saturated rings. The molecule has 2 unspecified atom stereocenters. The van der Waals surface area contributed by atoms with Gasteiger partial charge in [-0.3, -0.25) is 0 Å². The lowest BCUT2D eigenvalue weighted by molar-refractivity contribution is 0.493. The van der Waals surface area contributed by atoms with Crippen LogP contribution in [0, 0.1) is 11.8 Å². The molecule has 0 heterocycles. The zero-order valence-electron chi connectivity index (χ0n) is 10.3. The van der Waals surface area contributed by atoms with Crippen LogP contribution in [0.15, 0.2) is 23.3 Å². The van der Waals surface area contributed by atoms with Crippen LogP contribution < -0.4 is 0 Å². The van der Waals surface area contributed by atoms with Gasteiger partial charge in [-0.1, -0.05) is 37.1 Å². The van der Waals surface area contributed by atoms with Crippen LogP contribution in [0.4, 0.5) is 0 Å². The minimum absolute atomic E-state index is 0.925. The number of rotatable bonds is 2. The highest BCUT2D eigenvalue weighted by molar-refractivity contribution is 5.18. The maximum atomic E-state index is 2.51. The molecular weight excluding hydrogens is 180 g/mol. The van der Waals surface area contributed by atoms with Crippen molar-refractivity contribution in [2.75, 3.05) is 0 Å². The number of hydrogen-bond donors (Lipinski definition) is 0. The Morgan fingerprint density at radius 1 is 0.933 bits per heavy atom. The van der Waals surface area contributed by atoms with Crippen LogP contribution in [0.3, 0.4) is 0 Å². The summed E-state index contributed by atoms with van der Waals surface area (Å²) in [7, 11) is 0. The van der Waals surface area contributed by atoms with Crippen LogP contribution in [-0.4, -0.2) is 0 Å². The van der Waals surface area contributed by atoms with E-state index in [4.69, 9.17) is 0 Å². The van der Waals surface area contributed by atoms with E-state index in [9.17, 15) is 0 Å². The summed E-state index contributed by atoms with van der Waals surface area (Å²) in [4.78, 5) is 0. The molecule has 0 aromatic heterocycles. The average molecular weight is 204 g/mol. The first-order valence-corrected chi connectivity index (χ1v) is 6.60. The van der Waals surface area contributed by atoms with E-state index in [2.05, 4.69) is 26.0 Å². The molecule has 0 heteroatoms. The van der Waals surface area contributed by atoms with Gasteiger partial charge in [-0.25, -0.2) is 0 Å². The molecule has 84 valence electrons. The minimum atomic E-state index is 0.925. The summed E-state index contributed by atoms with van der Waals surface area (Å²) in [6, 6.07) is 0. The Hall–Kier alpha value is -0.520. The molecule has 0 amide bonds. The molecule has 0 saturated carbocycles. The molecule has 0 saturated heterocycles. The second-order valence-electron chi connectivity index (χ2n) is 5.66. The normalized spacial score (nSPS) is 32.1. The molecule has 2 aliphatic rings. The van der Waals surface area contributed by atoms with Gasteiger partial charge in [0.25, 0.3) is 0 Å². The van der Waals surface area contributed by atoms with E-state index in [1.165, 1.54) is 44.9 Å². The molecule has 0 aromatic rings. The fourth-order valence-electron chi connectivity index (χ4n) is 2.65. The summed E-state index contributed by atoms with van der Waals surface area (Å²) in [5, 5.41) is 0. The molecule has 0 aliphatic heterocycles. The van der Waals surface area contributed by atoms with Gasteiger partial charge in [0.15, 0.2) is 0 Å². The average Bonchev–Trinajstić information content (AvgIpc) is 2.25. The third kappa shape index (κ3) is 3.22. The van der Waals surface area contributed by atoms with E-state index >= 15 is 0 Å². The van der Waals surface area contributed by atoms with E-state index in [0.717, 1.165) is 11.8 Å². The van der Waals surface area contributed by atoms with Gasteiger partial charge in [-0.2, -0.15) is 0 Å². The van der Waals surface area contributed by atoms with E-state index in [1.54, 1.807) is 11.1 Å². The van der Waals surface area contributed by atoms with Crippen LogP contribution in [0.1, 0.15) is 58.8 Å². The molecule has 0 spiro atoms. The molecule has 0 bridgehead atoms. The van der Waals surface area contributed by atoms with Crippen molar-refractivity contribution in [2.45, 2.75) is 58.8 Å². The molecule has 0 radical (unpaired) electrons. The van der Waals surface area contributed by atoms with Gasteiger partial charge >= 0.3 is 0 Å². The molecule has 2 rings (SSSR count). The van der Waals surface area contributed by atoms with E-state index in [-0.39, 0.29) is 0 Å². The fraction of sp³-hybridized carbons (Fsp3) is 0.733. The van der Waals surface area contributed by atoms with Crippen LogP contribution in [0.25, 0.3) is 0 Å². The third-order valence-corrected chi connectivity index (χ3v) is 3.99. The maximum Gasteiger partial charge on any atom is -0.0108 e. The number of hydrogen-bond acceptors (Lipinski definition) is 0. The van der Waals surface area contributed by atoms with Gasteiger partial charge in [0.05, 0.1) is 0 Å². The highest BCUT2D eigenvalue weighted by Crippen LogP contribution is 2.31. The van der Waals surface area contributed by atoms with Gasteiger partial charge in [0, 0.05) is 0 Å². The summed E-state index contributed by atoms with van der Waals surface area (Å²) in [6.45, 7) is 4.74. The van der Waals surface area contributed by atoms with Crippen molar-refractivity contribution in [1.82, 2.24) is 0 Å². The molecule has 15 heavy (non-hydrogen) atoms. The molecular formula is C15H24. The smallest absolute Gasteiger partial charge is 0.0108 e. The lowest BCUT2D eigenvalue weighted by Gasteiger charge is -2.22. The van der Waals surface area contributed by atoms with Crippen LogP contribution in [0.5, 0.6) is 0 Å². The van der Waals surface area contributed by atoms with Crippen molar-refractivity contribution >= 4 is 0 Å². The van der Waals surface area contributed by atoms with Gasteiger partial charge in [-0.05, 0) is 56.8 Å². The van der Waals surface area contributed by atoms with E-state index in [0.29, 0.717) is 0 Å². The van der Waals surface area contributed by atoms with Crippen molar-refractivity contribution in [1.29, 1.82) is 0 Å². The zero-order chi connectivity index (χ0) is 10.7. The summed E-state index contributed by atoms with van der Waals surface area (Å²) in [5.41, 5.74) is 3.43. The monoisotopic (exact) mass is 204 g/mol. The first-order chi connectivity index (χ1) is 7.24. The molecule has 2 atom stereocenters. The lowest BCUT2D eigenvalue weighted by Crippen LogP contribution is -2.05. The highest BCUT2D eigenvalue weighted by atomic mass is 14.2. The fourth-order valence-corrected chi connectivity index (χ4v) is 2.65. The van der Waals surface area contributed by atoms with Crippen LogP contribution in [-0.2, 0) is 0 Å². The summed E-state index contributed by atoms with van der Waals surface area (Å²) >= 11 is 0. The lowest BCUT2D eigenvalue weighted by atomic mass is 9.84. The SMILES string of the molecule is CC1CC=C(CC2=CCC(C)CC2)CC1. The van der Waals surface area contributed by atoms with Crippen molar-refractivity contribution in [3.8, 4) is 0 Å². The summed E-state index contributed by atoms with van der Waals surface area (Å²) in [5.74, 6) is 1.85. The van der Waals surface area contributed by atoms with Crippen molar-refractivity contribution < 1.29 is 0 Å². The first-order valence-electron chi connectivity index (χ1n) is 6.60. The zero-order valence-corrected chi connectivity index (χ0v) is 10.3. The second-order valence-corrected chi connectivity index (χ2v) is 5.66. The summed E-state index contributed by atoms with van der Waals surface area (Å²) < 4.78 is 0. The van der Waals surface area contributed by atoms with Crippen molar-refractivity contribution in [3.63, 3.8) is 0 Å². The van der Waals surface area contributed by atoms with E-state index in [1.807, 2.05) is 0 Å². The van der Waals surface area contributed by atoms with Crippen LogP contribution in [0.2, 0.25) is 0 Å². The first kappa shape index (κ1) is 11.0. The topological polar surface area (TPSA) is 0 Å². The molecule has 0 aromatic carbocycles. The van der Waals surface area contributed by atoms with Gasteiger partial charge in [0.1, 0.15) is 0 Å². The Morgan fingerprint density at radius 2 is 1.40 bits per heavy atom. The molecule has 2 aliphatic carbocycles. The quantitative estimate of drug-likeness (QED) is 0.563. The number of allylic oxidation sites excluding steroid dienone is 4. The molecule has 0 nitrogen and oxygen atoms in total. The predicted octanol–water partition coefficient (Wildman–Crippen LogP) is 4.87. The second kappa shape index (κ2) is 5.01. The Labute approximate surface area is 94.5 Å². The van der Waals surface area contributed by atoms with Gasteiger partial charge < -0.3 is 0 Å². The van der Waals surface area contributed by atoms with Crippen molar-refractivity contribution in [3.05, 3.63) is 23.3 Å². The van der Waals surface area contributed by atoms with Crippen molar-refractivity contribution in [2.24, 2.45) is 11.8 Å². The predicted molar refractivity (Wildman–Crippen MR) is 66.8 cm³/mol. The Balaban J connectivity index is 1.87. The van der Waals surface area contributed by atoms with Gasteiger partial charge in [0.2, 0.25) is 0 Å². The van der Waals surface area contributed by atoms with E-state index < -0.39 is 0 Å².